The van der Waals surface area contributed by atoms with E-state index in [1.54, 1.807) is 0 Å². The number of hydrogen-bond donors (Lipinski definition) is 2. The summed E-state index contributed by atoms with van der Waals surface area (Å²) in [5, 5.41) is 3.03. The maximum atomic E-state index is 11.7. The molecule has 114 valence electrons. The fourth-order valence-electron chi connectivity index (χ4n) is 2.07. The van der Waals surface area contributed by atoms with Gasteiger partial charge in [0.15, 0.2) is 5.58 Å². The van der Waals surface area contributed by atoms with Gasteiger partial charge in [0.05, 0.1) is 11.8 Å². The van der Waals surface area contributed by atoms with Crippen LogP contribution in [-0.2, 0) is 16.6 Å². The second kappa shape index (κ2) is 5.75. The Morgan fingerprint density at radius 1 is 1.38 bits per heavy atom. The van der Waals surface area contributed by atoms with E-state index in [0.29, 0.717) is 19.0 Å². The van der Waals surface area contributed by atoms with Crippen molar-refractivity contribution < 1.29 is 12.8 Å². The number of rotatable bonds is 7. The molecule has 0 radical (unpaired) electrons. The van der Waals surface area contributed by atoms with Crippen LogP contribution in [0.5, 0.6) is 0 Å². The van der Waals surface area contributed by atoms with Crippen LogP contribution in [0.15, 0.2) is 28.7 Å². The quantitative estimate of drug-likeness (QED) is 0.807. The first-order valence-corrected chi connectivity index (χ1v) is 8.65. The summed E-state index contributed by atoms with van der Waals surface area (Å²) in [7, 11) is -3.11. The summed E-state index contributed by atoms with van der Waals surface area (Å²) in [4.78, 5) is 4.36. The zero-order valence-electron chi connectivity index (χ0n) is 11.9. The Bertz CT molecular complexity index is 689. The molecule has 0 amide bonds. The van der Waals surface area contributed by atoms with Gasteiger partial charge in [0.25, 0.3) is 0 Å². The van der Waals surface area contributed by atoms with Crippen molar-refractivity contribution in [3.63, 3.8) is 0 Å². The van der Waals surface area contributed by atoms with Crippen molar-refractivity contribution >= 4 is 21.1 Å². The average molecular weight is 309 g/mol. The van der Waals surface area contributed by atoms with Gasteiger partial charge in [-0.2, -0.15) is 0 Å². The third kappa shape index (κ3) is 3.61. The number of oxazole rings is 1. The second-order valence-corrected chi connectivity index (χ2v) is 7.50. The van der Waals surface area contributed by atoms with Crippen LogP contribution in [0.25, 0.3) is 11.1 Å². The van der Waals surface area contributed by atoms with Gasteiger partial charge in [-0.15, -0.1) is 0 Å². The Morgan fingerprint density at radius 3 is 2.86 bits per heavy atom. The number of sulfonamides is 1. The summed E-state index contributed by atoms with van der Waals surface area (Å²) in [6.07, 6.45) is 1.56. The van der Waals surface area contributed by atoms with Crippen molar-refractivity contribution in [2.45, 2.75) is 37.6 Å². The molecular formula is C14H19N3O3S. The standard InChI is InChI=1S/C14H19N3O3S/c1-10(8-16-21(18,19)11-6-7-11)15-9-14-17-12-4-2-3-5-13(12)20-14/h2-5,10-11,15-16H,6-9H2,1H3. The lowest BCUT2D eigenvalue weighted by Gasteiger charge is -2.13. The average Bonchev–Trinajstić information content (AvgIpc) is 3.24. The Hall–Kier alpha value is -1.44. The zero-order chi connectivity index (χ0) is 14.9. The van der Waals surface area contributed by atoms with Crippen LogP contribution in [0.3, 0.4) is 0 Å². The van der Waals surface area contributed by atoms with E-state index < -0.39 is 10.0 Å². The van der Waals surface area contributed by atoms with E-state index in [1.165, 1.54) is 0 Å². The summed E-state index contributed by atoms with van der Waals surface area (Å²) in [5.74, 6) is 0.605. The van der Waals surface area contributed by atoms with E-state index in [2.05, 4.69) is 15.0 Å². The Balaban J connectivity index is 1.50. The van der Waals surface area contributed by atoms with Gasteiger partial charge >= 0.3 is 0 Å². The highest BCUT2D eigenvalue weighted by Gasteiger charge is 2.35. The van der Waals surface area contributed by atoms with Crippen LogP contribution in [0, 0.1) is 0 Å². The molecule has 0 aliphatic heterocycles. The fraction of sp³-hybridized carbons (Fsp3) is 0.500. The van der Waals surface area contributed by atoms with Crippen LogP contribution in [0.4, 0.5) is 0 Å². The molecule has 1 atom stereocenters. The van der Waals surface area contributed by atoms with Gasteiger partial charge in [-0.3, -0.25) is 0 Å². The highest BCUT2D eigenvalue weighted by atomic mass is 32.2. The molecule has 21 heavy (non-hydrogen) atoms. The van der Waals surface area contributed by atoms with Gasteiger partial charge in [-0.05, 0) is 31.9 Å². The number of fused-ring (bicyclic) bond motifs is 1. The lowest BCUT2D eigenvalue weighted by atomic mass is 10.3. The molecule has 1 unspecified atom stereocenters. The van der Waals surface area contributed by atoms with E-state index in [9.17, 15) is 8.42 Å². The summed E-state index contributed by atoms with van der Waals surface area (Å²) in [6.45, 7) is 2.78. The minimum Gasteiger partial charge on any atom is -0.439 e. The number of aromatic nitrogens is 1. The molecule has 0 spiro atoms. The lowest BCUT2D eigenvalue weighted by Crippen LogP contribution is -2.39. The molecule has 0 saturated heterocycles. The topological polar surface area (TPSA) is 84.2 Å². The fourth-order valence-corrected chi connectivity index (χ4v) is 3.54. The van der Waals surface area contributed by atoms with Gasteiger partial charge in [-0.25, -0.2) is 18.1 Å². The number of nitrogens with one attached hydrogen (secondary N) is 2. The molecule has 6 nitrogen and oxygen atoms in total. The smallest absolute Gasteiger partial charge is 0.214 e. The summed E-state index contributed by atoms with van der Waals surface area (Å²) in [5.41, 5.74) is 1.59. The lowest BCUT2D eigenvalue weighted by molar-refractivity contribution is 0.456. The van der Waals surface area contributed by atoms with E-state index in [4.69, 9.17) is 4.42 Å². The van der Waals surface area contributed by atoms with Gasteiger partial charge in [-0.1, -0.05) is 12.1 Å². The molecule has 1 aliphatic rings. The number of para-hydroxylation sites is 2. The molecule has 0 bridgehead atoms. The van der Waals surface area contributed by atoms with Crippen LogP contribution in [0.1, 0.15) is 25.7 Å². The number of nitrogens with zero attached hydrogens (tertiary/aromatic N) is 1. The minimum atomic E-state index is -3.11. The molecule has 1 fully saturated rings. The summed E-state index contributed by atoms with van der Waals surface area (Å²) >= 11 is 0. The summed E-state index contributed by atoms with van der Waals surface area (Å²) in [6, 6.07) is 7.60. The van der Waals surface area contributed by atoms with Crippen molar-refractivity contribution in [1.29, 1.82) is 0 Å². The molecule has 1 saturated carbocycles. The molecule has 3 rings (SSSR count). The molecule has 7 heteroatoms. The molecule has 2 aromatic rings. The first kappa shape index (κ1) is 14.5. The monoisotopic (exact) mass is 309 g/mol. The number of hydrogen-bond acceptors (Lipinski definition) is 5. The van der Waals surface area contributed by atoms with Crippen molar-refractivity contribution in [1.82, 2.24) is 15.0 Å². The van der Waals surface area contributed by atoms with Gasteiger partial charge in [0.2, 0.25) is 15.9 Å². The highest BCUT2D eigenvalue weighted by molar-refractivity contribution is 7.90. The first-order valence-electron chi connectivity index (χ1n) is 7.11. The largest absolute Gasteiger partial charge is 0.439 e. The van der Waals surface area contributed by atoms with Crippen molar-refractivity contribution in [3.05, 3.63) is 30.2 Å². The van der Waals surface area contributed by atoms with Gasteiger partial charge < -0.3 is 9.73 Å². The minimum absolute atomic E-state index is 0.00790. The van der Waals surface area contributed by atoms with Crippen LogP contribution >= 0.6 is 0 Å². The SMILES string of the molecule is CC(CNS(=O)(=O)C1CC1)NCc1nc2ccccc2o1. The van der Waals surface area contributed by atoms with E-state index >= 15 is 0 Å². The maximum Gasteiger partial charge on any atom is 0.214 e. The molecular weight excluding hydrogens is 290 g/mol. The van der Waals surface area contributed by atoms with Crippen molar-refractivity contribution in [2.75, 3.05) is 6.54 Å². The van der Waals surface area contributed by atoms with Crippen LogP contribution < -0.4 is 10.0 Å². The van der Waals surface area contributed by atoms with Gasteiger partial charge in [0.1, 0.15) is 5.52 Å². The first-order chi connectivity index (χ1) is 10.0. The molecule has 1 aliphatic carbocycles. The maximum absolute atomic E-state index is 11.7. The predicted molar refractivity (Wildman–Crippen MR) is 80.3 cm³/mol. The van der Waals surface area contributed by atoms with E-state index in [-0.39, 0.29) is 11.3 Å². The van der Waals surface area contributed by atoms with Crippen LogP contribution in [0.2, 0.25) is 0 Å². The Labute approximate surface area is 124 Å². The highest BCUT2D eigenvalue weighted by Crippen LogP contribution is 2.27. The molecule has 2 N–H and O–H groups in total. The Morgan fingerprint density at radius 2 is 2.14 bits per heavy atom. The van der Waals surface area contributed by atoms with Crippen LogP contribution in [-0.4, -0.2) is 31.2 Å². The third-order valence-electron chi connectivity index (χ3n) is 3.49. The normalized spacial score (nSPS) is 17.2. The third-order valence-corrected chi connectivity index (χ3v) is 5.41. The summed E-state index contributed by atoms with van der Waals surface area (Å²) < 4.78 is 31.7. The van der Waals surface area contributed by atoms with E-state index in [1.807, 2.05) is 31.2 Å². The van der Waals surface area contributed by atoms with Gasteiger partial charge in [0, 0.05) is 12.6 Å². The molecule has 1 aromatic heterocycles. The zero-order valence-corrected chi connectivity index (χ0v) is 12.7. The van der Waals surface area contributed by atoms with E-state index in [0.717, 1.165) is 23.9 Å². The van der Waals surface area contributed by atoms with Crippen molar-refractivity contribution in [3.8, 4) is 0 Å². The second-order valence-electron chi connectivity index (χ2n) is 5.45. The number of benzene rings is 1. The molecule has 1 aromatic carbocycles. The Kier molecular flexibility index (Phi) is 3.97. The molecule has 1 heterocycles. The predicted octanol–water partition coefficient (Wildman–Crippen LogP) is 1.39. The van der Waals surface area contributed by atoms with Crippen molar-refractivity contribution in [2.24, 2.45) is 0 Å².